The van der Waals surface area contributed by atoms with Crippen LogP contribution in [0, 0.1) is 13.8 Å². The normalized spacial score (nSPS) is 15.8. The number of fused-ring (bicyclic) bond motifs is 1. The van der Waals surface area contributed by atoms with Crippen LogP contribution in [0.5, 0.6) is 0 Å². The Morgan fingerprint density at radius 1 is 1.11 bits per heavy atom. The number of para-hydroxylation sites is 1. The minimum Gasteiger partial charge on any atom is -0.448 e. The van der Waals surface area contributed by atoms with Gasteiger partial charge in [-0.1, -0.05) is 36.4 Å². The number of anilines is 1. The van der Waals surface area contributed by atoms with Crippen molar-refractivity contribution in [2.75, 3.05) is 5.32 Å². The summed E-state index contributed by atoms with van der Waals surface area (Å²) in [6.07, 6.45) is -0.496. The number of nitrogens with one attached hydrogen (secondary N) is 1. The predicted molar refractivity (Wildman–Crippen MR) is 101 cm³/mol. The van der Waals surface area contributed by atoms with Crippen molar-refractivity contribution >= 4 is 17.6 Å². The lowest BCUT2D eigenvalue weighted by Gasteiger charge is -2.23. The van der Waals surface area contributed by atoms with E-state index in [0.29, 0.717) is 23.4 Å². The van der Waals surface area contributed by atoms with Gasteiger partial charge in [0, 0.05) is 6.42 Å². The highest BCUT2D eigenvalue weighted by atomic mass is 16.5. The van der Waals surface area contributed by atoms with E-state index in [1.807, 2.05) is 56.3 Å². The van der Waals surface area contributed by atoms with Crippen LogP contribution in [0.15, 0.2) is 54.6 Å². The molecule has 0 radical (unpaired) electrons. The van der Waals surface area contributed by atoms with Crippen molar-refractivity contribution < 1.29 is 14.3 Å². The standard InChI is InChI=1S/C21H19N3O3/c1-13-19(14(2)24(23-13)16-9-4-3-5-10-16)22-20(25)18-12-15-8-6-7-11-17(15)21(26)27-18/h3-11,18H,12H2,1-2H3,(H,22,25). The second-order valence-electron chi connectivity index (χ2n) is 6.54. The highest BCUT2D eigenvalue weighted by molar-refractivity contribution is 6.00. The van der Waals surface area contributed by atoms with Crippen molar-refractivity contribution in [3.63, 3.8) is 0 Å². The lowest BCUT2D eigenvalue weighted by atomic mass is 9.98. The smallest absolute Gasteiger partial charge is 0.339 e. The first kappa shape index (κ1) is 17.0. The number of aryl methyl sites for hydroxylation is 1. The molecule has 1 N–H and O–H groups in total. The number of nitrogens with zero attached hydrogens (tertiary/aromatic N) is 2. The van der Waals surface area contributed by atoms with Crippen LogP contribution in [-0.2, 0) is 16.0 Å². The number of rotatable bonds is 3. The van der Waals surface area contributed by atoms with Gasteiger partial charge < -0.3 is 10.1 Å². The van der Waals surface area contributed by atoms with Crippen molar-refractivity contribution in [2.45, 2.75) is 26.4 Å². The molecule has 0 spiro atoms. The van der Waals surface area contributed by atoms with Crippen molar-refractivity contribution in [2.24, 2.45) is 0 Å². The van der Waals surface area contributed by atoms with E-state index in [2.05, 4.69) is 10.4 Å². The van der Waals surface area contributed by atoms with Gasteiger partial charge in [-0.05, 0) is 37.6 Å². The van der Waals surface area contributed by atoms with Crippen LogP contribution in [0.2, 0.25) is 0 Å². The van der Waals surface area contributed by atoms with Crippen LogP contribution >= 0.6 is 0 Å². The molecule has 3 aromatic rings. The van der Waals surface area contributed by atoms with Crippen LogP contribution in [0.1, 0.15) is 27.3 Å². The molecular weight excluding hydrogens is 342 g/mol. The molecule has 1 unspecified atom stereocenters. The SMILES string of the molecule is Cc1nn(-c2ccccc2)c(C)c1NC(=O)C1Cc2ccccc2C(=O)O1. The molecule has 136 valence electrons. The van der Waals surface area contributed by atoms with Crippen LogP contribution < -0.4 is 5.32 Å². The van der Waals surface area contributed by atoms with E-state index in [1.54, 1.807) is 16.8 Å². The first-order valence-corrected chi connectivity index (χ1v) is 8.76. The van der Waals surface area contributed by atoms with Crippen molar-refractivity contribution in [1.29, 1.82) is 0 Å². The number of hydrogen-bond donors (Lipinski definition) is 1. The fraction of sp³-hybridized carbons (Fsp3) is 0.190. The number of carbonyl (C=O) groups excluding carboxylic acids is 2. The van der Waals surface area contributed by atoms with E-state index in [1.165, 1.54) is 0 Å². The number of aromatic nitrogens is 2. The molecule has 0 aliphatic carbocycles. The van der Waals surface area contributed by atoms with Gasteiger partial charge in [0.1, 0.15) is 0 Å². The van der Waals surface area contributed by atoms with Gasteiger partial charge in [-0.15, -0.1) is 0 Å². The fourth-order valence-corrected chi connectivity index (χ4v) is 3.33. The molecule has 1 amide bonds. The minimum atomic E-state index is -0.855. The number of esters is 1. The zero-order chi connectivity index (χ0) is 19.0. The molecule has 2 aromatic carbocycles. The summed E-state index contributed by atoms with van der Waals surface area (Å²) in [5.74, 6) is -0.818. The number of carbonyl (C=O) groups is 2. The maximum atomic E-state index is 12.7. The fourth-order valence-electron chi connectivity index (χ4n) is 3.33. The predicted octanol–water partition coefficient (Wildman–Crippen LogP) is 3.21. The molecule has 1 aliphatic heterocycles. The molecule has 27 heavy (non-hydrogen) atoms. The lowest BCUT2D eigenvalue weighted by molar-refractivity contribution is -0.125. The summed E-state index contributed by atoms with van der Waals surface area (Å²) in [4.78, 5) is 24.9. The van der Waals surface area contributed by atoms with Crippen molar-refractivity contribution in [3.05, 3.63) is 77.1 Å². The first-order valence-electron chi connectivity index (χ1n) is 8.76. The summed E-state index contributed by atoms with van der Waals surface area (Å²) in [6, 6.07) is 16.9. The molecule has 4 rings (SSSR count). The van der Waals surface area contributed by atoms with E-state index in [4.69, 9.17) is 4.74 Å². The maximum Gasteiger partial charge on any atom is 0.339 e. The van der Waals surface area contributed by atoms with Gasteiger partial charge in [-0.25, -0.2) is 9.48 Å². The van der Waals surface area contributed by atoms with Crippen molar-refractivity contribution in [3.8, 4) is 5.69 Å². The quantitative estimate of drug-likeness (QED) is 0.727. The Balaban J connectivity index is 1.58. The zero-order valence-electron chi connectivity index (χ0n) is 15.1. The summed E-state index contributed by atoms with van der Waals surface area (Å²) in [7, 11) is 0. The topological polar surface area (TPSA) is 73.2 Å². The number of ether oxygens (including phenoxy) is 1. The summed E-state index contributed by atoms with van der Waals surface area (Å²) in [6.45, 7) is 3.73. The van der Waals surface area contributed by atoms with Gasteiger partial charge in [-0.3, -0.25) is 4.79 Å². The van der Waals surface area contributed by atoms with Crippen LogP contribution in [0.25, 0.3) is 5.69 Å². The van der Waals surface area contributed by atoms with Gasteiger partial charge >= 0.3 is 5.97 Å². The number of benzene rings is 2. The second kappa shape index (κ2) is 6.72. The Hall–Kier alpha value is -3.41. The molecule has 6 nitrogen and oxygen atoms in total. The first-order chi connectivity index (χ1) is 13.0. The highest BCUT2D eigenvalue weighted by Crippen LogP contribution is 2.25. The summed E-state index contributed by atoms with van der Waals surface area (Å²) >= 11 is 0. The van der Waals surface area contributed by atoms with E-state index < -0.39 is 12.1 Å². The summed E-state index contributed by atoms with van der Waals surface area (Å²) < 4.78 is 7.12. The summed E-state index contributed by atoms with van der Waals surface area (Å²) in [5, 5.41) is 7.41. The Morgan fingerprint density at radius 3 is 2.59 bits per heavy atom. The molecule has 0 saturated heterocycles. The van der Waals surface area contributed by atoms with Gasteiger partial charge in [-0.2, -0.15) is 5.10 Å². The zero-order valence-corrected chi connectivity index (χ0v) is 15.1. The average molecular weight is 361 g/mol. The highest BCUT2D eigenvalue weighted by Gasteiger charge is 2.32. The van der Waals surface area contributed by atoms with Gasteiger partial charge in [0.15, 0.2) is 6.10 Å². The number of amides is 1. The van der Waals surface area contributed by atoms with E-state index in [0.717, 1.165) is 16.9 Å². The average Bonchev–Trinajstić information content (AvgIpc) is 2.97. The van der Waals surface area contributed by atoms with Gasteiger partial charge in [0.05, 0.1) is 28.3 Å². The second-order valence-corrected chi connectivity index (χ2v) is 6.54. The third-order valence-electron chi connectivity index (χ3n) is 4.72. The Morgan fingerprint density at radius 2 is 1.81 bits per heavy atom. The van der Waals surface area contributed by atoms with E-state index >= 15 is 0 Å². The molecule has 6 heteroatoms. The monoisotopic (exact) mass is 361 g/mol. The minimum absolute atomic E-state index is 0.350. The largest absolute Gasteiger partial charge is 0.448 e. The maximum absolute atomic E-state index is 12.7. The van der Waals surface area contributed by atoms with Crippen LogP contribution in [-0.4, -0.2) is 27.8 Å². The Labute approximate surface area is 156 Å². The lowest BCUT2D eigenvalue weighted by Crippen LogP contribution is -2.38. The third kappa shape index (κ3) is 3.10. The van der Waals surface area contributed by atoms with Crippen LogP contribution in [0.4, 0.5) is 5.69 Å². The molecule has 1 atom stereocenters. The van der Waals surface area contributed by atoms with E-state index in [-0.39, 0.29) is 5.91 Å². The molecule has 0 bridgehead atoms. The molecule has 1 aliphatic rings. The third-order valence-corrected chi connectivity index (χ3v) is 4.72. The van der Waals surface area contributed by atoms with Crippen molar-refractivity contribution in [1.82, 2.24) is 9.78 Å². The van der Waals surface area contributed by atoms with E-state index in [9.17, 15) is 9.59 Å². The Kier molecular flexibility index (Phi) is 4.24. The van der Waals surface area contributed by atoms with Crippen LogP contribution in [0.3, 0.4) is 0 Å². The molecule has 2 heterocycles. The van der Waals surface area contributed by atoms with Gasteiger partial charge in [0.25, 0.3) is 5.91 Å². The number of cyclic esters (lactones) is 1. The summed E-state index contributed by atoms with van der Waals surface area (Å²) in [5.41, 5.74) is 4.41. The Bertz CT molecular complexity index is 1020. The van der Waals surface area contributed by atoms with Gasteiger partial charge in [0.2, 0.25) is 0 Å². The molecule has 0 saturated carbocycles. The molecule has 1 aromatic heterocycles. The molecular formula is C21H19N3O3. The molecule has 0 fully saturated rings. The number of hydrogen-bond acceptors (Lipinski definition) is 4.